The van der Waals surface area contributed by atoms with Gasteiger partial charge < -0.3 is 36.6 Å². The first-order valence-corrected chi connectivity index (χ1v) is 17.8. The lowest BCUT2D eigenvalue weighted by Gasteiger charge is -2.29. The van der Waals surface area contributed by atoms with Crippen LogP contribution in [0.2, 0.25) is 0 Å². The van der Waals surface area contributed by atoms with Crippen LogP contribution in [0.15, 0.2) is 72.8 Å². The van der Waals surface area contributed by atoms with Crippen molar-refractivity contribution in [3.05, 3.63) is 83.9 Å². The topological polar surface area (TPSA) is 197 Å². The van der Waals surface area contributed by atoms with Crippen molar-refractivity contribution in [2.75, 3.05) is 0 Å². The zero-order chi connectivity index (χ0) is 38.8. The highest BCUT2D eigenvalue weighted by atomic mass is 16.5. The van der Waals surface area contributed by atoms with Gasteiger partial charge in [0.2, 0.25) is 17.7 Å². The van der Waals surface area contributed by atoms with E-state index in [1.165, 1.54) is 0 Å². The highest BCUT2D eigenvalue weighted by Gasteiger charge is 2.31. The smallest absolute Gasteiger partial charge is 0.408 e. The van der Waals surface area contributed by atoms with Crippen LogP contribution in [-0.4, -0.2) is 64.2 Å². The van der Waals surface area contributed by atoms with Gasteiger partial charge in [0, 0.05) is 12.3 Å². The minimum Gasteiger partial charge on any atom is -0.481 e. The van der Waals surface area contributed by atoms with Gasteiger partial charge in [-0.15, -0.1) is 0 Å². The largest absolute Gasteiger partial charge is 0.481 e. The van der Waals surface area contributed by atoms with Crippen molar-refractivity contribution in [2.24, 2.45) is 23.5 Å². The lowest BCUT2D eigenvalue weighted by molar-refractivity contribution is -0.140. The van der Waals surface area contributed by atoms with Crippen molar-refractivity contribution in [3.63, 3.8) is 0 Å². The first-order valence-electron chi connectivity index (χ1n) is 17.8. The molecule has 5 atom stereocenters. The van der Waals surface area contributed by atoms with Crippen LogP contribution in [0.1, 0.15) is 78.4 Å². The molecule has 0 aliphatic rings. The lowest BCUT2D eigenvalue weighted by Crippen LogP contribution is -2.57. The van der Waals surface area contributed by atoms with Crippen LogP contribution in [0.4, 0.5) is 4.79 Å². The van der Waals surface area contributed by atoms with Gasteiger partial charge in [-0.1, -0.05) is 114 Å². The fourth-order valence-corrected chi connectivity index (χ4v) is 5.41. The standard InChI is InChI=1S/C35H45N3O7.C5H11NO/c1-22(2)17-28(31(39)20-32(40)41)36-33(42)29(18-23(3)4)37-34(43)30(38-35(44)45-21-24-11-6-5-7-12-24)19-26-15-10-14-25-13-8-9-16-27(25)26;1-3-4(2)5(6)7/h5-16,22-23,28-31,39H,17-21H2,1-4H3,(H,36,42)(H,37,43)(H,38,44)(H,40,41);4H,3H2,1-2H3,(H2,6,7)/t28-,29-,30-,31-;4-/m00/s1. The molecule has 3 aromatic carbocycles. The molecule has 0 saturated carbocycles. The quantitative estimate of drug-likeness (QED) is 0.104. The molecule has 0 aliphatic heterocycles. The zero-order valence-corrected chi connectivity index (χ0v) is 31.1. The third-order valence-electron chi connectivity index (χ3n) is 8.46. The number of fused-ring (bicyclic) bond motifs is 1. The van der Waals surface area contributed by atoms with Crippen LogP contribution < -0.4 is 21.7 Å². The minimum absolute atomic E-state index is 0.00820. The van der Waals surface area contributed by atoms with Gasteiger partial charge in [0.15, 0.2) is 0 Å². The fraction of sp³-hybridized carbons (Fsp3) is 0.475. The maximum absolute atomic E-state index is 13.8. The Balaban J connectivity index is 0.00000121. The molecule has 0 spiro atoms. The maximum Gasteiger partial charge on any atom is 0.408 e. The van der Waals surface area contributed by atoms with Gasteiger partial charge in [-0.05, 0) is 53.0 Å². The zero-order valence-electron chi connectivity index (χ0n) is 31.1. The summed E-state index contributed by atoms with van der Waals surface area (Å²) in [6.45, 7) is 11.4. The van der Waals surface area contributed by atoms with E-state index in [0.29, 0.717) is 6.42 Å². The van der Waals surface area contributed by atoms with Gasteiger partial charge in [0.1, 0.15) is 18.7 Å². The number of carbonyl (C=O) groups is 5. The molecule has 284 valence electrons. The van der Waals surface area contributed by atoms with Crippen LogP contribution in [0.25, 0.3) is 10.8 Å². The monoisotopic (exact) mass is 720 g/mol. The van der Waals surface area contributed by atoms with E-state index in [4.69, 9.17) is 10.5 Å². The number of aliphatic hydroxyl groups is 1. The summed E-state index contributed by atoms with van der Waals surface area (Å²) in [6.07, 6.45) is -1.00. The number of hydrogen-bond donors (Lipinski definition) is 6. The van der Waals surface area contributed by atoms with Gasteiger partial charge in [0.05, 0.1) is 18.6 Å². The van der Waals surface area contributed by atoms with Crippen molar-refractivity contribution in [3.8, 4) is 0 Å². The van der Waals surface area contributed by atoms with E-state index in [9.17, 15) is 34.2 Å². The highest BCUT2D eigenvalue weighted by Crippen LogP contribution is 2.20. The normalized spacial score (nSPS) is 13.9. The van der Waals surface area contributed by atoms with Gasteiger partial charge in [-0.3, -0.25) is 19.2 Å². The fourth-order valence-electron chi connectivity index (χ4n) is 5.41. The Morgan fingerprint density at radius 1 is 0.750 bits per heavy atom. The van der Waals surface area contributed by atoms with Gasteiger partial charge in [-0.25, -0.2) is 4.79 Å². The van der Waals surface area contributed by atoms with Crippen molar-refractivity contribution < 1.29 is 38.9 Å². The molecular formula is C40H56N4O8. The van der Waals surface area contributed by atoms with Crippen molar-refractivity contribution in [1.82, 2.24) is 16.0 Å². The summed E-state index contributed by atoms with van der Waals surface area (Å²) >= 11 is 0. The number of carbonyl (C=O) groups excluding carboxylic acids is 4. The summed E-state index contributed by atoms with van der Waals surface area (Å²) < 4.78 is 5.41. The first-order chi connectivity index (χ1) is 24.6. The average molecular weight is 721 g/mol. The molecule has 0 saturated heterocycles. The number of alkyl carbamates (subject to hydrolysis) is 1. The molecular weight excluding hydrogens is 664 g/mol. The second-order valence-corrected chi connectivity index (χ2v) is 13.9. The molecule has 3 rings (SSSR count). The molecule has 0 radical (unpaired) electrons. The number of amides is 4. The van der Waals surface area contributed by atoms with E-state index in [1.54, 1.807) is 0 Å². The Labute approximate surface area is 306 Å². The van der Waals surface area contributed by atoms with Crippen LogP contribution in [0, 0.1) is 17.8 Å². The molecule has 4 amide bonds. The third kappa shape index (κ3) is 15.5. The Kier molecular flexibility index (Phi) is 18.3. The van der Waals surface area contributed by atoms with E-state index in [2.05, 4.69) is 16.0 Å². The van der Waals surface area contributed by atoms with Gasteiger partial charge >= 0.3 is 12.1 Å². The van der Waals surface area contributed by atoms with E-state index < -0.39 is 54.5 Å². The molecule has 12 heteroatoms. The van der Waals surface area contributed by atoms with Crippen LogP contribution in [0.3, 0.4) is 0 Å². The molecule has 0 unspecified atom stereocenters. The second kappa shape index (κ2) is 22.1. The van der Waals surface area contributed by atoms with Crippen LogP contribution >= 0.6 is 0 Å². The number of rotatable bonds is 18. The number of benzene rings is 3. The molecule has 0 aliphatic carbocycles. The lowest BCUT2D eigenvalue weighted by atomic mass is 9.95. The third-order valence-corrected chi connectivity index (χ3v) is 8.46. The van der Waals surface area contributed by atoms with Crippen LogP contribution in [-0.2, 0) is 36.9 Å². The molecule has 0 bridgehead atoms. The Hall–Kier alpha value is -4.97. The highest BCUT2D eigenvalue weighted by molar-refractivity contribution is 5.92. The number of hydrogen-bond acceptors (Lipinski definition) is 7. The van der Waals surface area contributed by atoms with E-state index in [0.717, 1.165) is 28.3 Å². The minimum atomic E-state index is -1.30. The van der Waals surface area contributed by atoms with Crippen molar-refractivity contribution in [1.29, 1.82) is 0 Å². The molecule has 0 aromatic heterocycles. The summed E-state index contributed by atoms with van der Waals surface area (Å²) in [4.78, 5) is 61.7. The van der Waals surface area contributed by atoms with Crippen molar-refractivity contribution in [2.45, 2.75) is 104 Å². The number of carboxylic acids is 1. The molecule has 52 heavy (non-hydrogen) atoms. The van der Waals surface area contributed by atoms with Crippen molar-refractivity contribution >= 4 is 40.6 Å². The SMILES string of the molecule is CC(C)C[C@H](NC(=O)[C@H](Cc1cccc2ccccc12)NC(=O)OCc1ccccc1)C(=O)N[C@@H](CC(C)C)[C@@H](O)CC(=O)O.CC[C@H](C)C(N)=O. The molecule has 0 fully saturated rings. The first kappa shape index (κ1) is 43.2. The van der Waals surface area contributed by atoms with Gasteiger partial charge in [0.25, 0.3) is 0 Å². The van der Waals surface area contributed by atoms with Crippen LogP contribution in [0.5, 0.6) is 0 Å². The number of nitrogens with two attached hydrogens (primary N) is 1. The molecule has 12 nitrogen and oxygen atoms in total. The summed E-state index contributed by atoms with van der Waals surface area (Å²) in [6, 6.07) is 19.7. The average Bonchev–Trinajstić information content (AvgIpc) is 3.09. The Bertz CT molecular complexity index is 1590. The number of aliphatic hydroxyl groups excluding tert-OH is 1. The van der Waals surface area contributed by atoms with E-state index in [-0.39, 0.29) is 43.1 Å². The predicted molar refractivity (Wildman–Crippen MR) is 201 cm³/mol. The molecule has 3 aromatic rings. The second-order valence-electron chi connectivity index (χ2n) is 13.9. The number of nitrogens with one attached hydrogen (secondary N) is 3. The summed E-state index contributed by atoms with van der Waals surface area (Å²) in [5.74, 6) is -2.39. The predicted octanol–water partition coefficient (Wildman–Crippen LogP) is 5.09. The number of carboxylic acid groups (broad SMARTS) is 1. The molecule has 0 heterocycles. The number of ether oxygens (including phenoxy) is 1. The number of primary amides is 1. The molecule has 7 N–H and O–H groups in total. The number of aliphatic carboxylic acids is 1. The summed E-state index contributed by atoms with van der Waals surface area (Å²) in [7, 11) is 0. The maximum atomic E-state index is 13.8. The summed E-state index contributed by atoms with van der Waals surface area (Å²) in [5, 5.41) is 29.9. The Morgan fingerprint density at radius 2 is 1.35 bits per heavy atom. The van der Waals surface area contributed by atoms with E-state index in [1.807, 2.05) is 114 Å². The summed E-state index contributed by atoms with van der Waals surface area (Å²) in [5.41, 5.74) is 6.53. The van der Waals surface area contributed by atoms with Gasteiger partial charge in [-0.2, -0.15) is 0 Å². The Morgan fingerprint density at radius 3 is 1.92 bits per heavy atom. The van der Waals surface area contributed by atoms with E-state index >= 15 is 0 Å².